The van der Waals surface area contributed by atoms with Gasteiger partial charge in [0.15, 0.2) is 5.78 Å². The fraction of sp³-hybridized carbons (Fsp3) is 0.385. The number of nitrogens with zero attached hydrogens (tertiary/aromatic N) is 1. The van der Waals surface area contributed by atoms with Gasteiger partial charge in [0.25, 0.3) is 0 Å². The lowest BCUT2D eigenvalue weighted by atomic mass is 10.2. The van der Waals surface area contributed by atoms with Crippen LogP contribution in [0.15, 0.2) is 24.3 Å². The van der Waals surface area contributed by atoms with Crippen molar-refractivity contribution in [2.24, 2.45) is 0 Å². The molecule has 1 aromatic carbocycles. The molecule has 0 atom stereocenters. The smallest absolute Gasteiger partial charge is 0.230 e. The molecule has 4 nitrogen and oxygen atoms in total. The monoisotopic (exact) mass is 233 g/mol. The molecule has 1 aliphatic heterocycles. The summed E-state index contributed by atoms with van der Waals surface area (Å²) in [7, 11) is 0. The largest absolute Gasteiger partial charge is 0.491 e. The van der Waals surface area contributed by atoms with Gasteiger partial charge in [-0.3, -0.25) is 9.59 Å². The van der Waals surface area contributed by atoms with Crippen molar-refractivity contribution in [1.82, 2.24) is 0 Å². The number of hydrogen-bond acceptors (Lipinski definition) is 3. The minimum atomic E-state index is -0.0586. The molecular formula is C13H15NO3. The van der Waals surface area contributed by atoms with Gasteiger partial charge in [0.1, 0.15) is 5.75 Å². The molecule has 0 fully saturated rings. The lowest BCUT2D eigenvalue weighted by molar-refractivity contribution is -0.122. The number of benzene rings is 1. The van der Waals surface area contributed by atoms with E-state index >= 15 is 0 Å². The number of carbonyl (C=O) groups is 2. The van der Waals surface area contributed by atoms with Crippen LogP contribution in [0.5, 0.6) is 5.75 Å². The summed E-state index contributed by atoms with van der Waals surface area (Å²) in [6.45, 7) is 2.30. The number of hydrogen-bond donors (Lipinski definition) is 0. The highest BCUT2D eigenvalue weighted by Crippen LogP contribution is 2.30. The third-order valence-corrected chi connectivity index (χ3v) is 2.76. The molecule has 0 saturated heterocycles. The van der Waals surface area contributed by atoms with E-state index in [9.17, 15) is 9.59 Å². The Labute approximate surface area is 100 Å². The van der Waals surface area contributed by atoms with Gasteiger partial charge >= 0.3 is 0 Å². The van der Waals surface area contributed by atoms with Crippen molar-refractivity contribution in [1.29, 1.82) is 0 Å². The molecule has 1 aromatic rings. The number of Topliss-reactive ketones (excluding diaryl/α,β-unsaturated/α-hetero) is 1. The van der Waals surface area contributed by atoms with Gasteiger partial charge in [-0.15, -0.1) is 0 Å². The van der Waals surface area contributed by atoms with E-state index in [2.05, 4.69) is 0 Å². The summed E-state index contributed by atoms with van der Waals surface area (Å²) in [6, 6.07) is 7.32. The van der Waals surface area contributed by atoms with Gasteiger partial charge < -0.3 is 9.64 Å². The summed E-state index contributed by atoms with van der Waals surface area (Å²) in [6.07, 6.45) is 0.748. The van der Waals surface area contributed by atoms with Crippen LogP contribution in [-0.4, -0.2) is 24.8 Å². The number of fused-ring (bicyclic) bond motifs is 1. The van der Waals surface area contributed by atoms with Gasteiger partial charge in [-0.25, -0.2) is 0 Å². The van der Waals surface area contributed by atoms with E-state index in [1.807, 2.05) is 24.3 Å². The Bertz CT molecular complexity index is 442. The Hall–Kier alpha value is -1.84. The molecule has 0 radical (unpaired) electrons. The molecule has 0 aromatic heterocycles. The van der Waals surface area contributed by atoms with E-state index in [-0.39, 0.29) is 18.2 Å². The van der Waals surface area contributed by atoms with Crippen LogP contribution >= 0.6 is 0 Å². The molecule has 0 N–H and O–H groups in total. The van der Waals surface area contributed by atoms with Gasteiger partial charge in [-0.05, 0) is 12.1 Å². The van der Waals surface area contributed by atoms with Crippen LogP contribution in [0.1, 0.15) is 19.8 Å². The number of anilines is 1. The molecule has 0 saturated carbocycles. The molecule has 1 amide bonds. The molecule has 1 heterocycles. The normalized spacial score (nSPS) is 14.9. The van der Waals surface area contributed by atoms with Crippen LogP contribution in [-0.2, 0) is 9.59 Å². The molecule has 17 heavy (non-hydrogen) atoms. The van der Waals surface area contributed by atoms with E-state index in [1.165, 1.54) is 4.90 Å². The number of amides is 1. The number of para-hydroxylation sites is 2. The topological polar surface area (TPSA) is 46.6 Å². The maximum Gasteiger partial charge on any atom is 0.230 e. The first-order chi connectivity index (χ1) is 8.22. The Balaban J connectivity index is 2.33. The number of ether oxygens (including phenoxy) is 1. The SMILES string of the molecule is CCC(=O)CN1C(=O)CCOc2ccccc21. The molecule has 0 aliphatic carbocycles. The fourth-order valence-corrected chi connectivity index (χ4v) is 1.78. The fourth-order valence-electron chi connectivity index (χ4n) is 1.78. The van der Waals surface area contributed by atoms with Gasteiger partial charge in [-0.1, -0.05) is 19.1 Å². The van der Waals surface area contributed by atoms with E-state index in [0.717, 1.165) is 0 Å². The summed E-state index contributed by atoms with van der Waals surface area (Å²) in [5.74, 6) is 0.661. The van der Waals surface area contributed by atoms with Crippen molar-refractivity contribution < 1.29 is 14.3 Å². The summed E-state index contributed by atoms with van der Waals surface area (Å²) < 4.78 is 5.49. The van der Waals surface area contributed by atoms with E-state index in [4.69, 9.17) is 4.74 Å². The zero-order valence-corrected chi connectivity index (χ0v) is 9.81. The predicted octanol–water partition coefficient (Wildman–Crippen LogP) is 1.78. The molecule has 90 valence electrons. The first kappa shape index (κ1) is 11.6. The Morgan fingerprint density at radius 3 is 2.94 bits per heavy atom. The van der Waals surface area contributed by atoms with Gasteiger partial charge in [0.05, 0.1) is 25.3 Å². The summed E-state index contributed by atoms with van der Waals surface area (Å²) in [4.78, 5) is 25.0. The standard InChI is InChI=1S/C13H15NO3/c1-2-10(15)9-14-11-5-3-4-6-12(11)17-8-7-13(14)16/h3-6H,2,7-9H2,1H3. The van der Waals surface area contributed by atoms with Crippen LogP contribution in [0.2, 0.25) is 0 Å². The Morgan fingerprint density at radius 2 is 2.18 bits per heavy atom. The molecule has 0 unspecified atom stereocenters. The van der Waals surface area contributed by atoms with Crippen molar-refractivity contribution in [3.05, 3.63) is 24.3 Å². The molecule has 4 heteroatoms. The summed E-state index contributed by atoms with van der Waals surface area (Å²) in [5, 5.41) is 0. The van der Waals surface area contributed by atoms with Crippen molar-refractivity contribution in [2.75, 3.05) is 18.1 Å². The molecule has 0 bridgehead atoms. The van der Waals surface area contributed by atoms with Crippen molar-refractivity contribution in [3.63, 3.8) is 0 Å². The number of ketones is 1. The van der Waals surface area contributed by atoms with Gasteiger partial charge in [0.2, 0.25) is 5.91 Å². The maximum absolute atomic E-state index is 11.9. The molecular weight excluding hydrogens is 218 g/mol. The highest BCUT2D eigenvalue weighted by molar-refractivity contribution is 6.00. The second kappa shape index (κ2) is 4.99. The summed E-state index contributed by atoms with van der Waals surface area (Å²) >= 11 is 0. The predicted molar refractivity (Wildman–Crippen MR) is 64.2 cm³/mol. The number of rotatable bonds is 3. The van der Waals surface area contributed by atoms with E-state index in [1.54, 1.807) is 6.92 Å². The van der Waals surface area contributed by atoms with E-state index in [0.29, 0.717) is 30.9 Å². The third-order valence-electron chi connectivity index (χ3n) is 2.76. The first-order valence-corrected chi connectivity index (χ1v) is 5.76. The average molecular weight is 233 g/mol. The second-order valence-corrected chi connectivity index (χ2v) is 3.94. The van der Waals surface area contributed by atoms with Crippen molar-refractivity contribution in [3.8, 4) is 5.75 Å². The lowest BCUT2D eigenvalue weighted by Crippen LogP contribution is -2.35. The second-order valence-electron chi connectivity index (χ2n) is 3.94. The van der Waals surface area contributed by atoms with Crippen molar-refractivity contribution >= 4 is 17.4 Å². The molecule has 1 aliphatic rings. The third kappa shape index (κ3) is 2.46. The molecule has 0 spiro atoms. The minimum absolute atomic E-state index is 0.0510. The molecule has 2 rings (SSSR count). The Kier molecular flexibility index (Phi) is 3.42. The Morgan fingerprint density at radius 1 is 1.41 bits per heavy atom. The van der Waals surface area contributed by atoms with Gasteiger partial charge in [0, 0.05) is 6.42 Å². The van der Waals surface area contributed by atoms with Crippen LogP contribution < -0.4 is 9.64 Å². The van der Waals surface area contributed by atoms with E-state index < -0.39 is 0 Å². The summed E-state index contributed by atoms with van der Waals surface area (Å²) in [5.41, 5.74) is 0.691. The van der Waals surface area contributed by atoms with Crippen LogP contribution in [0, 0.1) is 0 Å². The quantitative estimate of drug-likeness (QED) is 0.799. The maximum atomic E-state index is 11.9. The van der Waals surface area contributed by atoms with Crippen molar-refractivity contribution in [2.45, 2.75) is 19.8 Å². The zero-order chi connectivity index (χ0) is 12.3. The average Bonchev–Trinajstić information content (AvgIpc) is 2.50. The van der Waals surface area contributed by atoms with Crippen LogP contribution in [0.3, 0.4) is 0 Å². The van der Waals surface area contributed by atoms with Crippen LogP contribution in [0.4, 0.5) is 5.69 Å². The minimum Gasteiger partial charge on any atom is -0.491 e. The highest BCUT2D eigenvalue weighted by atomic mass is 16.5. The highest BCUT2D eigenvalue weighted by Gasteiger charge is 2.24. The first-order valence-electron chi connectivity index (χ1n) is 5.76. The van der Waals surface area contributed by atoms with Gasteiger partial charge in [-0.2, -0.15) is 0 Å². The number of carbonyl (C=O) groups excluding carboxylic acids is 2. The van der Waals surface area contributed by atoms with Crippen LogP contribution in [0.25, 0.3) is 0 Å². The lowest BCUT2D eigenvalue weighted by Gasteiger charge is -2.20. The zero-order valence-electron chi connectivity index (χ0n) is 9.81.